The van der Waals surface area contributed by atoms with Gasteiger partial charge in [-0.2, -0.15) is 0 Å². The van der Waals surface area contributed by atoms with Gasteiger partial charge in [-0.25, -0.2) is 0 Å². The van der Waals surface area contributed by atoms with Gasteiger partial charge in [0.15, 0.2) is 5.11 Å². The molecule has 1 aliphatic heterocycles. The molecule has 172 valence electrons. The largest absolute Gasteiger partial charge is 0.495 e. The first kappa shape index (κ1) is 22.0. The molecule has 6 nitrogen and oxygen atoms in total. The van der Waals surface area contributed by atoms with Gasteiger partial charge in [0.05, 0.1) is 31.1 Å². The minimum Gasteiger partial charge on any atom is -0.495 e. The number of thiocarbonyl (C=S) groups is 1. The Labute approximate surface area is 204 Å². The van der Waals surface area contributed by atoms with Gasteiger partial charge in [0, 0.05) is 23.8 Å². The van der Waals surface area contributed by atoms with Crippen LogP contribution in [0.4, 0.5) is 5.69 Å². The first-order chi connectivity index (χ1) is 16.7. The molecule has 1 N–H and O–H groups in total. The van der Waals surface area contributed by atoms with Crippen LogP contribution in [0.5, 0.6) is 11.5 Å². The van der Waals surface area contributed by atoms with Crippen molar-refractivity contribution in [3.8, 4) is 17.2 Å². The Morgan fingerprint density at radius 1 is 0.971 bits per heavy atom. The van der Waals surface area contributed by atoms with Gasteiger partial charge in [-0.1, -0.05) is 18.2 Å². The van der Waals surface area contributed by atoms with E-state index >= 15 is 0 Å². The van der Waals surface area contributed by atoms with Crippen LogP contribution < -0.4 is 19.7 Å². The number of ether oxygens (including phenoxy) is 2. The minimum atomic E-state index is -0.153. The fourth-order valence-electron chi connectivity index (χ4n) is 4.48. The lowest BCUT2D eigenvalue weighted by Gasteiger charge is -2.30. The molecule has 4 aromatic rings. The van der Waals surface area contributed by atoms with E-state index in [9.17, 15) is 0 Å². The molecule has 2 unspecified atom stereocenters. The number of para-hydroxylation sites is 2. The second-order valence-electron chi connectivity index (χ2n) is 7.90. The van der Waals surface area contributed by atoms with Gasteiger partial charge in [-0.15, -0.1) is 0 Å². The lowest BCUT2D eigenvalue weighted by atomic mass is 10.0. The highest BCUT2D eigenvalue weighted by molar-refractivity contribution is 7.80. The van der Waals surface area contributed by atoms with Crippen molar-refractivity contribution in [2.75, 3.05) is 18.6 Å². The van der Waals surface area contributed by atoms with Gasteiger partial charge in [0.25, 0.3) is 0 Å². The Bertz CT molecular complexity index is 1270. The summed E-state index contributed by atoms with van der Waals surface area (Å²) in [6.45, 7) is 2.62. The number of rotatable bonds is 7. The monoisotopic (exact) mass is 470 g/mol. The quantitative estimate of drug-likeness (QED) is 0.362. The summed E-state index contributed by atoms with van der Waals surface area (Å²) in [6.07, 6.45) is 3.89. The Kier molecular flexibility index (Phi) is 6.18. The second kappa shape index (κ2) is 9.57. The van der Waals surface area contributed by atoms with Crippen LogP contribution in [0, 0.1) is 0 Å². The zero-order chi connectivity index (χ0) is 23.5. The average Bonchev–Trinajstić information content (AvgIpc) is 3.49. The molecular weight excluding hydrogens is 444 g/mol. The number of benzene rings is 2. The lowest BCUT2D eigenvalue weighted by Crippen LogP contribution is -2.30. The molecule has 1 aliphatic rings. The molecule has 0 aliphatic carbocycles. The first-order valence-corrected chi connectivity index (χ1v) is 11.7. The molecule has 34 heavy (non-hydrogen) atoms. The number of nitrogens with one attached hydrogen (secondary N) is 1. The van der Waals surface area contributed by atoms with Gasteiger partial charge in [0.1, 0.15) is 17.5 Å². The smallest absolute Gasteiger partial charge is 0.174 e. The predicted molar refractivity (Wildman–Crippen MR) is 138 cm³/mol. The number of aromatic nitrogens is 2. The van der Waals surface area contributed by atoms with Crippen LogP contribution in [0.1, 0.15) is 30.4 Å². The Morgan fingerprint density at radius 3 is 2.50 bits per heavy atom. The summed E-state index contributed by atoms with van der Waals surface area (Å²) in [5.41, 5.74) is 3.95. The van der Waals surface area contributed by atoms with Crippen molar-refractivity contribution < 1.29 is 9.47 Å². The highest BCUT2D eigenvalue weighted by Gasteiger charge is 2.43. The Hall–Kier alpha value is -3.84. The molecule has 2 aromatic carbocycles. The molecule has 0 amide bonds. The fourth-order valence-corrected chi connectivity index (χ4v) is 4.82. The number of nitrogens with zero attached hydrogens (tertiary/aromatic N) is 3. The van der Waals surface area contributed by atoms with Gasteiger partial charge < -0.3 is 24.3 Å². The van der Waals surface area contributed by atoms with Crippen LogP contribution in [-0.4, -0.2) is 28.4 Å². The van der Waals surface area contributed by atoms with E-state index in [1.54, 1.807) is 7.11 Å². The molecule has 7 heteroatoms. The van der Waals surface area contributed by atoms with Crippen LogP contribution in [0.25, 0.3) is 5.69 Å². The third kappa shape index (κ3) is 3.99. The third-order valence-corrected chi connectivity index (χ3v) is 6.27. The molecule has 3 heterocycles. The standard InChI is InChI=1S/C27H26N4O2S/c1-3-33-20-15-13-19(14-16-20)30-18-8-11-23(30)26-25(21-9-6-7-17-28-21)29-27(34)31(26)22-10-4-5-12-24(22)32-2/h4-18,25-26H,3H2,1-2H3,(H,29,34). The fraction of sp³-hybridized carbons (Fsp3) is 0.185. The molecule has 0 radical (unpaired) electrons. The summed E-state index contributed by atoms with van der Waals surface area (Å²) in [5, 5.41) is 4.15. The van der Waals surface area contributed by atoms with Crippen molar-refractivity contribution in [3.63, 3.8) is 0 Å². The summed E-state index contributed by atoms with van der Waals surface area (Å²) in [7, 11) is 1.68. The molecule has 2 atom stereocenters. The average molecular weight is 471 g/mol. The van der Waals surface area contributed by atoms with E-state index in [4.69, 9.17) is 21.7 Å². The van der Waals surface area contributed by atoms with Gasteiger partial charge in [-0.3, -0.25) is 4.98 Å². The van der Waals surface area contributed by atoms with Crippen LogP contribution in [-0.2, 0) is 0 Å². The minimum absolute atomic E-state index is 0.144. The highest BCUT2D eigenvalue weighted by atomic mass is 32.1. The van der Waals surface area contributed by atoms with Crippen LogP contribution >= 0.6 is 12.2 Å². The van der Waals surface area contributed by atoms with E-state index in [0.29, 0.717) is 11.7 Å². The Balaban J connectivity index is 1.64. The van der Waals surface area contributed by atoms with Crippen molar-refractivity contribution in [2.24, 2.45) is 0 Å². The van der Waals surface area contributed by atoms with Crippen molar-refractivity contribution in [1.82, 2.24) is 14.9 Å². The predicted octanol–water partition coefficient (Wildman–Crippen LogP) is 5.46. The van der Waals surface area contributed by atoms with E-state index in [0.717, 1.165) is 34.3 Å². The molecule has 0 saturated carbocycles. The van der Waals surface area contributed by atoms with Gasteiger partial charge in [0.2, 0.25) is 0 Å². The van der Waals surface area contributed by atoms with E-state index in [2.05, 4.69) is 50.2 Å². The number of anilines is 1. The SMILES string of the molecule is CCOc1ccc(-n2cccc2C2C(c3ccccn3)NC(=S)N2c2ccccc2OC)cc1. The maximum absolute atomic E-state index is 5.87. The molecule has 1 saturated heterocycles. The Morgan fingerprint density at radius 2 is 1.76 bits per heavy atom. The summed E-state index contributed by atoms with van der Waals surface area (Å²) in [6, 6.07) is 25.9. The molecule has 0 spiro atoms. The van der Waals surface area contributed by atoms with Crippen LogP contribution in [0.3, 0.4) is 0 Å². The zero-order valence-corrected chi connectivity index (χ0v) is 19.9. The summed E-state index contributed by atoms with van der Waals surface area (Å²) < 4.78 is 13.5. The lowest BCUT2D eigenvalue weighted by molar-refractivity contribution is 0.340. The molecule has 1 fully saturated rings. The van der Waals surface area contributed by atoms with E-state index in [-0.39, 0.29) is 12.1 Å². The van der Waals surface area contributed by atoms with Crippen molar-refractivity contribution in [2.45, 2.75) is 19.0 Å². The van der Waals surface area contributed by atoms with E-state index in [1.807, 2.05) is 67.7 Å². The summed E-state index contributed by atoms with van der Waals surface area (Å²) in [5.74, 6) is 1.61. The summed E-state index contributed by atoms with van der Waals surface area (Å²) >= 11 is 5.87. The number of hydrogen-bond acceptors (Lipinski definition) is 4. The molecular formula is C27H26N4O2S. The number of hydrogen-bond donors (Lipinski definition) is 1. The van der Waals surface area contributed by atoms with Crippen LogP contribution in [0.2, 0.25) is 0 Å². The summed E-state index contributed by atoms with van der Waals surface area (Å²) in [4.78, 5) is 6.79. The third-order valence-electron chi connectivity index (χ3n) is 5.95. The van der Waals surface area contributed by atoms with Gasteiger partial charge in [-0.05, 0) is 79.8 Å². The van der Waals surface area contributed by atoms with Crippen molar-refractivity contribution in [3.05, 3.63) is 103 Å². The highest BCUT2D eigenvalue weighted by Crippen LogP contribution is 2.44. The molecule has 5 rings (SSSR count). The topological polar surface area (TPSA) is 51.5 Å². The second-order valence-corrected chi connectivity index (χ2v) is 8.29. The van der Waals surface area contributed by atoms with Gasteiger partial charge >= 0.3 is 0 Å². The zero-order valence-electron chi connectivity index (χ0n) is 19.1. The van der Waals surface area contributed by atoms with E-state index < -0.39 is 0 Å². The van der Waals surface area contributed by atoms with E-state index in [1.165, 1.54) is 0 Å². The molecule has 2 aromatic heterocycles. The first-order valence-electron chi connectivity index (χ1n) is 11.3. The number of methoxy groups -OCH3 is 1. The number of pyridine rings is 1. The maximum atomic E-state index is 5.87. The van der Waals surface area contributed by atoms with Crippen LogP contribution in [0.15, 0.2) is 91.3 Å². The molecule has 0 bridgehead atoms. The normalized spacial score (nSPS) is 17.5. The van der Waals surface area contributed by atoms with Crippen molar-refractivity contribution in [1.29, 1.82) is 0 Å². The van der Waals surface area contributed by atoms with Crippen molar-refractivity contribution >= 4 is 23.0 Å². The maximum Gasteiger partial charge on any atom is 0.174 e.